The number of likely N-dealkylation sites (tertiary alicyclic amines) is 1. The smallest absolute Gasteiger partial charge is 0.139 e. The van der Waals surface area contributed by atoms with Gasteiger partial charge in [0.1, 0.15) is 11.5 Å². The molecule has 0 bridgehead atoms. The van der Waals surface area contributed by atoms with E-state index in [9.17, 15) is 0 Å². The van der Waals surface area contributed by atoms with Crippen molar-refractivity contribution in [2.45, 2.75) is 45.2 Å². The van der Waals surface area contributed by atoms with Crippen LogP contribution in [-0.2, 0) is 0 Å². The number of allylic oxidation sites excluding steroid dienone is 1. The maximum Gasteiger partial charge on any atom is 0.139 e. The van der Waals surface area contributed by atoms with E-state index >= 15 is 0 Å². The molecule has 0 amide bonds. The van der Waals surface area contributed by atoms with Crippen molar-refractivity contribution in [1.82, 2.24) is 24.2 Å². The van der Waals surface area contributed by atoms with E-state index in [0.29, 0.717) is 6.04 Å². The number of anilines is 1. The summed E-state index contributed by atoms with van der Waals surface area (Å²) in [6.45, 7) is 8.55. The molecule has 0 aliphatic carbocycles. The van der Waals surface area contributed by atoms with Gasteiger partial charge in [-0.05, 0) is 77.0 Å². The second kappa shape index (κ2) is 9.27. The van der Waals surface area contributed by atoms with Crippen molar-refractivity contribution < 1.29 is 0 Å². The molecule has 0 unspecified atom stereocenters. The molecule has 3 aromatic heterocycles. The first-order chi connectivity index (χ1) is 16.1. The molecular weight excluding hydrogens is 408 g/mol. The van der Waals surface area contributed by atoms with Gasteiger partial charge in [-0.1, -0.05) is 18.2 Å². The molecule has 174 valence electrons. The quantitative estimate of drug-likeness (QED) is 0.582. The number of piperidine rings is 1. The van der Waals surface area contributed by atoms with E-state index in [0.717, 1.165) is 44.7 Å². The number of pyridine rings is 2. The van der Waals surface area contributed by atoms with Crippen LogP contribution in [0.15, 0.2) is 42.6 Å². The molecule has 0 spiro atoms. The van der Waals surface area contributed by atoms with E-state index in [4.69, 9.17) is 9.97 Å². The lowest BCUT2D eigenvalue weighted by molar-refractivity contribution is 0.109. The Morgan fingerprint density at radius 1 is 0.939 bits per heavy atom. The number of hydrogen-bond donors (Lipinski definition) is 0. The zero-order valence-corrected chi connectivity index (χ0v) is 20.4. The second-order valence-corrected chi connectivity index (χ2v) is 9.58. The van der Waals surface area contributed by atoms with Crippen LogP contribution in [0.4, 0.5) is 5.82 Å². The number of nitrogens with zero attached hydrogens (tertiary/aromatic N) is 6. The van der Waals surface area contributed by atoms with Crippen LogP contribution in [0.3, 0.4) is 0 Å². The van der Waals surface area contributed by atoms with E-state index in [1.807, 2.05) is 12.3 Å². The Morgan fingerprint density at radius 2 is 1.70 bits per heavy atom. The van der Waals surface area contributed by atoms with E-state index in [1.54, 1.807) is 0 Å². The summed E-state index contributed by atoms with van der Waals surface area (Å²) in [7, 11) is 4.46. The molecule has 2 atom stereocenters. The highest BCUT2D eigenvalue weighted by atomic mass is 15.3. The van der Waals surface area contributed by atoms with Gasteiger partial charge in [-0.3, -0.25) is 14.3 Å². The van der Waals surface area contributed by atoms with Gasteiger partial charge in [0.2, 0.25) is 0 Å². The number of imidazole rings is 1. The molecule has 0 radical (unpaired) electrons. The minimum atomic E-state index is 0.275. The van der Waals surface area contributed by atoms with Crippen molar-refractivity contribution >= 4 is 17.5 Å². The fourth-order valence-corrected chi connectivity index (χ4v) is 5.60. The van der Waals surface area contributed by atoms with Crippen LogP contribution >= 0.6 is 0 Å². The maximum absolute atomic E-state index is 5.24. The second-order valence-electron chi connectivity index (χ2n) is 9.58. The third-order valence-electron chi connectivity index (χ3n) is 7.46. The summed E-state index contributed by atoms with van der Waals surface area (Å²) in [6, 6.07) is 11.4. The predicted octanol–water partition coefficient (Wildman–Crippen LogP) is 4.72. The fraction of sp³-hybridized carbons (Fsp3) is 0.481. The van der Waals surface area contributed by atoms with Crippen molar-refractivity contribution in [3.63, 3.8) is 0 Å². The Kier molecular flexibility index (Phi) is 6.21. The third kappa shape index (κ3) is 4.06. The van der Waals surface area contributed by atoms with Gasteiger partial charge in [0.05, 0.1) is 29.2 Å². The van der Waals surface area contributed by atoms with Crippen molar-refractivity contribution in [3.05, 3.63) is 65.2 Å². The van der Waals surface area contributed by atoms with Gasteiger partial charge in [0.25, 0.3) is 0 Å². The Hall–Kier alpha value is -2.70. The van der Waals surface area contributed by atoms with E-state index < -0.39 is 0 Å². The average Bonchev–Trinajstić information content (AvgIpc) is 3.19. The standard InChI is InChI=1S/C27H36N6/c1-5-9-23-27(22-12-6-11-21(31(22)4)26-20(2)10-8-15-28-26)29-24-13-7-14-25(33(23)24)32-18-16-30(3)17-19-32/h5,7-10,13-15,21-22H,6,11-12,16-19H2,1-4H3/b9-5+/t21-,22+/m0/s1. The number of hydrogen-bond acceptors (Lipinski definition) is 5. The molecule has 2 aliphatic rings. The largest absolute Gasteiger partial charge is 0.355 e. The molecule has 5 heterocycles. The molecule has 3 aromatic rings. The first kappa shape index (κ1) is 22.1. The summed E-state index contributed by atoms with van der Waals surface area (Å²) >= 11 is 0. The molecular formula is C27H36N6. The number of aromatic nitrogens is 3. The number of piperazine rings is 1. The van der Waals surface area contributed by atoms with Crippen LogP contribution in [0.25, 0.3) is 11.7 Å². The predicted molar refractivity (Wildman–Crippen MR) is 136 cm³/mol. The van der Waals surface area contributed by atoms with Gasteiger partial charge in [0, 0.05) is 32.4 Å². The van der Waals surface area contributed by atoms with Crippen LogP contribution in [0, 0.1) is 6.92 Å². The van der Waals surface area contributed by atoms with Gasteiger partial charge < -0.3 is 9.80 Å². The Bertz CT molecular complexity index is 1140. The Labute approximate surface area is 197 Å². The SMILES string of the molecule is C/C=C/c1c([C@H]2CCC[C@@H](c3ncccc3C)N2C)nc2cccc(N3CCN(C)CC3)n12. The van der Waals surface area contributed by atoms with E-state index in [-0.39, 0.29) is 6.04 Å². The van der Waals surface area contributed by atoms with Crippen LogP contribution in [0.5, 0.6) is 0 Å². The van der Waals surface area contributed by atoms with Gasteiger partial charge in [-0.15, -0.1) is 0 Å². The molecule has 2 fully saturated rings. The molecule has 2 saturated heterocycles. The Balaban J connectivity index is 1.57. The highest BCUT2D eigenvalue weighted by molar-refractivity contribution is 5.63. The number of aryl methyl sites for hydroxylation is 1. The van der Waals surface area contributed by atoms with E-state index in [1.165, 1.54) is 34.9 Å². The van der Waals surface area contributed by atoms with Gasteiger partial charge in [-0.25, -0.2) is 4.98 Å². The molecule has 0 N–H and O–H groups in total. The molecule has 33 heavy (non-hydrogen) atoms. The van der Waals surface area contributed by atoms with Crippen molar-refractivity contribution in [3.8, 4) is 0 Å². The Morgan fingerprint density at radius 3 is 2.42 bits per heavy atom. The molecule has 0 saturated carbocycles. The molecule has 2 aliphatic heterocycles. The van der Waals surface area contributed by atoms with Gasteiger partial charge >= 0.3 is 0 Å². The summed E-state index contributed by atoms with van der Waals surface area (Å²) in [5.41, 5.74) is 5.93. The van der Waals surface area contributed by atoms with E-state index in [2.05, 4.69) is 83.5 Å². The topological polar surface area (TPSA) is 39.9 Å². The van der Waals surface area contributed by atoms with Crippen molar-refractivity contribution in [2.75, 3.05) is 45.2 Å². The normalized spacial score (nSPS) is 23.1. The zero-order valence-electron chi connectivity index (χ0n) is 20.4. The van der Waals surface area contributed by atoms with Gasteiger partial charge in [0.15, 0.2) is 0 Å². The van der Waals surface area contributed by atoms with Gasteiger partial charge in [-0.2, -0.15) is 0 Å². The lowest BCUT2D eigenvalue weighted by atomic mass is 9.90. The summed E-state index contributed by atoms with van der Waals surface area (Å²) in [4.78, 5) is 17.4. The third-order valence-corrected chi connectivity index (χ3v) is 7.46. The number of rotatable bonds is 4. The first-order valence-corrected chi connectivity index (χ1v) is 12.3. The van der Waals surface area contributed by atoms with Crippen LogP contribution in [0.1, 0.15) is 60.9 Å². The fourth-order valence-electron chi connectivity index (χ4n) is 5.60. The van der Waals surface area contributed by atoms with Crippen LogP contribution in [0.2, 0.25) is 0 Å². The molecule has 6 heteroatoms. The summed E-state index contributed by atoms with van der Waals surface area (Å²) < 4.78 is 2.38. The highest BCUT2D eigenvalue weighted by Gasteiger charge is 2.34. The molecule has 6 nitrogen and oxygen atoms in total. The lowest BCUT2D eigenvalue weighted by Crippen LogP contribution is -2.45. The summed E-state index contributed by atoms with van der Waals surface area (Å²) in [5, 5.41) is 0. The van der Waals surface area contributed by atoms with Crippen LogP contribution in [-0.4, -0.2) is 64.4 Å². The minimum Gasteiger partial charge on any atom is -0.355 e. The zero-order chi connectivity index (χ0) is 22.9. The monoisotopic (exact) mass is 444 g/mol. The first-order valence-electron chi connectivity index (χ1n) is 12.3. The van der Waals surface area contributed by atoms with Crippen LogP contribution < -0.4 is 4.90 Å². The maximum atomic E-state index is 5.24. The van der Waals surface area contributed by atoms with Crippen molar-refractivity contribution in [2.24, 2.45) is 0 Å². The molecule has 5 rings (SSSR count). The number of fused-ring (bicyclic) bond motifs is 1. The molecule has 0 aromatic carbocycles. The average molecular weight is 445 g/mol. The highest BCUT2D eigenvalue weighted by Crippen LogP contribution is 2.42. The summed E-state index contributed by atoms with van der Waals surface area (Å²) in [6.07, 6.45) is 9.78. The summed E-state index contributed by atoms with van der Waals surface area (Å²) in [5.74, 6) is 1.25. The minimum absolute atomic E-state index is 0.275. The van der Waals surface area contributed by atoms with Crippen molar-refractivity contribution in [1.29, 1.82) is 0 Å². The number of likely N-dealkylation sites (N-methyl/N-ethyl adjacent to an activating group) is 1. The lowest BCUT2D eigenvalue weighted by Gasteiger charge is -2.39.